The highest BCUT2D eigenvalue weighted by Gasteiger charge is 2.66. The van der Waals surface area contributed by atoms with Crippen LogP contribution in [0.5, 0.6) is 0 Å². The maximum absolute atomic E-state index is 13.0. The third-order valence-corrected chi connectivity index (χ3v) is 4.63. The number of furan rings is 1. The first-order chi connectivity index (χ1) is 9.92. The van der Waals surface area contributed by atoms with E-state index in [0.29, 0.717) is 29.1 Å². The number of ketones is 1. The molecule has 21 heavy (non-hydrogen) atoms. The van der Waals surface area contributed by atoms with Crippen LogP contribution in [0.15, 0.2) is 22.8 Å². The number of rotatable bonds is 1. The van der Waals surface area contributed by atoms with Gasteiger partial charge in [0.2, 0.25) is 5.78 Å². The van der Waals surface area contributed by atoms with Crippen molar-refractivity contribution in [1.29, 1.82) is 0 Å². The Morgan fingerprint density at radius 3 is 2.81 bits per heavy atom. The van der Waals surface area contributed by atoms with Crippen LogP contribution < -0.4 is 0 Å². The Hall–Kier alpha value is -1.66. The van der Waals surface area contributed by atoms with E-state index in [-0.39, 0.29) is 5.78 Å². The highest BCUT2D eigenvalue weighted by atomic mass is 16.6. The van der Waals surface area contributed by atoms with E-state index in [1.54, 1.807) is 26.0 Å². The van der Waals surface area contributed by atoms with Crippen molar-refractivity contribution in [3.8, 4) is 0 Å². The van der Waals surface area contributed by atoms with Crippen LogP contribution in [0.2, 0.25) is 0 Å². The Bertz CT molecular complexity index is 591. The second-order valence-corrected chi connectivity index (χ2v) is 6.29. The number of carbonyl (C=O) groups excluding carboxylic acids is 1. The minimum Gasteiger partial charge on any atom is -0.622 e. The molecule has 0 unspecified atom stereocenters. The van der Waals surface area contributed by atoms with Crippen LogP contribution in [0.3, 0.4) is 0 Å². The number of hydrogen-bond donors (Lipinski definition) is 1. The van der Waals surface area contributed by atoms with Crippen LogP contribution in [-0.4, -0.2) is 37.7 Å². The predicted octanol–water partition coefficient (Wildman–Crippen LogP) is 2.29. The molecule has 0 bridgehead atoms. The molecule has 1 saturated carbocycles. The van der Waals surface area contributed by atoms with E-state index in [1.165, 1.54) is 6.26 Å². The molecule has 2 aliphatic rings. The molecule has 1 aliphatic heterocycles. The molecule has 0 amide bonds. The third kappa shape index (κ3) is 1.79. The molecule has 1 N–H and O–H groups in total. The molecule has 2 heterocycles. The van der Waals surface area contributed by atoms with Gasteiger partial charge < -0.3 is 14.8 Å². The van der Waals surface area contributed by atoms with E-state index >= 15 is 0 Å². The number of carbonyl (C=O) groups is 1. The van der Waals surface area contributed by atoms with E-state index in [0.717, 1.165) is 24.3 Å². The molecule has 1 atom stereocenters. The standard InChI is InChI=1S/C15H20N2O4/c1-14(2)13(11-7-6-10-21-11)16(19)15(17(14)20)9-5-3-4-8-12(15)18/h6-7,10,20H,3-5,8-9H2,1-2H3/t15-/m1/s1. The Morgan fingerprint density at radius 1 is 1.38 bits per heavy atom. The zero-order chi connectivity index (χ0) is 15.3. The van der Waals surface area contributed by atoms with Crippen molar-refractivity contribution in [2.24, 2.45) is 0 Å². The topological polar surface area (TPSA) is 79.8 Å². The lowest BCUT2D eigenvalue weighted by molar-refractivity contribution is -0.572. The first kappa shape index (κ1) is 14.3. The molecule has 0 radical (unpaired) electrons. The van der Waals surface area contributed by atoms with Crippen LogP contribution in [-0.2, 0) is 4.79 Å². The quantitative estimate of drug-likeness (QED) is 0.634. The van der Waals surface area contributed by atoms with Gasteiger partial charge in [-0.1, -0.05) is 6.42 Å². The summed E-state index contributed by atoms with van der Waals surface area (Å²) in [4.78, 5) is 12.6. The van der Waals surface area contributed by atoms with Gasteiger partial charge >= 0.3 is 5.66 Å². The molecule has 114 valence electrons. The van der Waals surface area contributed by atoms with E-state index in [2.05, 4.69) is 0 Å². The summed E-state index contributed by atoms with van der Waals surface area (Å²) in [6.45, 7) is 3.45. The van der Waals surface area contributed by atoms with Crippen molar-refractivity contribution in [1.82, 2.24) is 5.06 Å². The summed E-state index contributed by atoms with van der Waals surface area (Å²) in [6, 6.07) is 3.36. The minimum absolute atomic E-state index is 0.216. The second kappa shape index (κ2) is 4.68. The van der Waals surface area contributed by atoms with Gasteiger partial charge in [0.15, 0.2) is 5.76 Å². The summed E-state index contributed by atoms with van der Waals surface area (Å²) in [5.74, 6) is 0.176. The molecule has 1 fully saturated rings. The first-order valence-electron chi connectivity index (χ1n) is 7.33. The Balaban J connectivity index is 2.20. The minimum atomic E-state index is -1.51. The third-order valence-electron chi connectivity index (χ3n) is 4.63. The summed E-state index contributed by atoms with van der Waals surface area (Å²) in [6.07, 6.45) is 4.53. The number of hydrogen-bond acceptors (Lipinski definition) is 5. The normalized spacial score (nSPS) is 30.1. The SMILES string of the molecule is CC1(C)C(c2ccco2)=[N+]([O-])[C@]2(CCCCCC2=O)N1O. The molecule has 6 nitrogen and oxygen atoms in total. The second-order valence-electron chi connectivity index (χ2n) is 6.29. The summed E-state index contributed by atoms with van der Waals surface area (Å²) >= 11 is 0. The van der Waals surface area contributed by atoms with E-state index in [4.69, 9.17) is 4.42 Å². The molecule has 0 aromatic carbocycles. The van der Waals surface area contributed by atoms with Crippen molar-refractivity contribution in [2.45, 2.75) is 57.2 Å². The highest BCUT2D eigenvalue weighted by Crippen LogP contribution is 2.41. The monoisotopic (exact) mass is 292 g/mol. The Kier molecular flexibility index (Phi) is 3.18. The van der Waals surface area contributed by atoms with Gasteiger partial charge in [-0.25, -0.2) is 0 Å². The Morgan fingerprint density at radius 2 is 2.14 bits per heavy atom. The van der Waals surface area contributed by atoms with Gasteiger partial charge in [-0.15, -0.1) is 5.06 Å². The number of hydroxylamine groups is 3. The molecule has 1 aliphatic carbocycles. The number of Topliss-reactive ketones (excluding diaryl/α,β-unsaturated/α-hetero) is 1. The van der Waals surface area contributed by atoms with Gasteiger partial charge in [0, 0.05) is 12.8 Å². The fourth-order valence-electron chi connectivity index (χ4n) is 3.51. The summed E-state index contributed by atoms with van der Waals surface area (Å²) in [7, 11) is 0. The van der Waals surface area contributed by atoms with Gasteiger partial charge in [-0.3, -0.25) is 4.79 Å². The molecule has 1 aromatic heterocycles. The van der Waals surface area contributed by atoms with Crippen LogP contribution in [0.1, 0.15) is 51.7 Å². The average molecular weight is 292 g/mol. The summed E-state index contributed by atoms with van der Waals surface area (Å²) in [5, 5.41) is 24.6. The summed E-state index contributed by atoms with van der Waals surface area (Å²) in [5.41, 5.74) is -2.20. The lowest BCUT2D eigenvalue weighted by Crippen LogP contribution is -2.59. The van der Waals surface area contributed by atoms with E-state index in [9.17, 15) is 15.2 Å². The van der Waals surface area contributed by atoms with Crippen LogP contribution in [0, 0.1) is 5.21 Å². The van der Waals surface area contributed by atoms with Crippen LogP contribution in [0.4, 0.5) is 0 Å². The Labute approximate surface area is 123 Å². The maximum atomic E-state index is 13.0. The molecule has 0 saturated heterocycles. The number of nitrogens with zero attached hydrogens (tertiary/aromatic N) is 2. The molecular weight excluding hydrogens is 272 g/mol. The fourth-order valence-corrected chi connectivity index (χ4v) is 3.51. The highest BCUT2D eigenvalue weighted by molar-refractivity contribution is 6.04. The van der Waals surface area contributed by atoms with Crippen molar-refractivity contribution in [3.05, 3.63) is 29.4 Å². The van der Waals surface area contributed by atoms with Gasteiger partial charge in [-0.2, -0.15) is 4.74 Å². The predicted molar refractivity (Wildman–Crippen MR) is 75.0 cm³/mol. The lowest BCUT2D eigenvalue weighted by Gasteiger charge is -2.33. The summed E-state index contributed by atoms with van der Waals surface area (Å²) < 4.78 is 6.02. The van der Waals surface area contributed by atoms with Gasteiger partial charge in [0.05, 0.1) is 6.26 Å². The van der Waals surface area contributed by atoms with Gasteiger partial charge in [-0.05, 0) is 38.8 Å². The smallest absolute Gasteiger partial charge is 0.310 e. The zero-order valence-corrected chi connectivity index (χ0v) is 12.3. The first-order valence-corrected chi connectivity index (χ1v) is 7.33. The fraction of sp³-hybridized carbons (Fsp3) is 0.600. The molecule has 6 heteroatoms. The molecule has 3 rings (SSSR count). The van der Waals surface area contributed by atoms with Crippen LogP contribution in [0.25, 0.3) is 0 Å². The van der Waals surface area contributed by atoms with Crippen LogP contribution >= 0.6 is 0 Å². The van der Waals surface area contributed by atoms with Crippen molar-refractivity contribution in [3.63, 3.8) is 0 Å². The molecule has 1 aromatic rings. The van der Waals surface area contributed by atoms with Crippen molar-refractivity contribution < 1.29 is 19.2 Å². The van der Waals surface area contributed by atoms with E-state index < -0.39 is 11.2 Å². The largest absolute Gasteiger partial charge is 0.622 e. The van der Waals surface area contributed by atoms with E-state index in [1.807, 2.05) is 0 Å². The molecular formula is C15H20N2O4. The van der Waals surface area contributed by atoms with Gasteiger partial charge in [0.25, 0.3) is 5.71 Å². The van der Waals surface area contributed by atoms with Crippen molar-refractivity contribution in [2.75, 3.05) is 0 Å². The maximum Gasteiger partial charge on any atom is 0.310 e. The molecule has 1 spiro atoms. The van der Waals surface area contributed by atoms with Gasteiger partial charge in [0.1, 0.15) is 5.54 Å². The lowest BCUT2D eigenvalue weighted by atomic mass is 9.94. The zero-order valence-electron chi connectivity index (χ0n) is 12.3. The van der Waals surface area contributed by atoms with Crippen molar-refractivity contribution >= 4 is 11.5 Å². The average Bonchev–Trinajstić information content (AvgIpc) is 2.92.